The molecule has 0 aliphatic heterocycles. The fraction of sp³-hybridized carbons (Fsp3) is 0.481. The van der Waals surface area contributed by atoms with Gasteiger partial charge in [0, 0.05) is 5.92 Å². The maximum absolute atomic E-state index is 2.50. The van der Waals surface area contributed by atoms with E-state index in [9.17, 15) is 0 Å². The van der Waals surface area contributed by atoms with Gasteiger partial charge in [0.25, 0.3) is 0 Å². The third kappa shape index (κ3) is 3.28. The molecule has 27 heavy (non-hydrogen) atoms. The van der Waals surface area contributed by atoms with Gasteiger partial charge in [0.15, 0.2) is 0 Å². The van der Waals surface area contributed by atoms with Crippen LogP contribution in [0.4, 0.5) is 0 Å². The Morgan fingerprint density at radius 3 is 2.00 bits per heavy atom. The van der Waals surface area contributed by atoms with E-state index in [2.05, 4.69) is 84.9 Å². The predicted molar refractivity (Wildman–Crippen MR) is 117 cm³/mol. The van der Waals surface area contributed by atoms with Crippen molar-refractivity contribution in [3.05, 3.63) is 81.0 Å². The molecule has 3 aliphatic rings. The summed E-state index contributed by atoms with van der Waals surface area (Å²) in [6, 6.07) is 7.44. The van der Waals surface area contributed by atoms with Gasteiger partial charge in [-0.05, 0) is 70.4 Å². The van der Waals surface area contributed by atoms with Gasteiger partial charge >= 0.3 is 0 Å². The van der Waals surface area contributed by atoms with Gasteiger partial charge in [0.1, 0.15) is 0 Å². The standard InChI is InChI=1S/C27H34/c1-17-11-19-13-18-9-8-10-23(18)25(24(19)12-17)20-14-21(26(2,3)4)16-22(15-20)27(5,6)7/h11-16,25H,8-10H2,1-7H3. The molecule has 0 saturated heterocycles. The molecule has 0 heteroatoms. The number of benzene rings is 1. The molecule has 0 nitrogen and oxygen atoms in total. The molecule has 0 bridgehead atoms. The molecule has 0 N–H and O–H groups in total. The third-order valence-electron chi connectivity index (χ3n) is 6.41. The van der Waals surface area contributed by atoms with Gasteiger partial charge in [-0.1, -0.05) is 89.1 Å². The number of allylic oxidation sites excluding steroid dienone is 8. The van der Waals surface area contributed by atoms with Crippen LogP contribution in [0.3, 0.4) is 0 Å². The maximum Gasteiger partial charge on any atom is 0.0310 e. The molecule has 0 heterocycles. The average Bonchev–Trinajstić information content (AvgIpc) is 3.15. The Kier molecular flexibility index (Phi) is 4.18. The predicted octanol–water partition coefficient (Wildman–Crippen LogP) is 7.67. The average molecular weight is 359 g/mol. The van der Waals surface area contributed by atoms with E-state index in [1.54, 1.807) is 11.1 Å². The largest absolute Gasteiger partial charge is 0.0561 e. The van der Waals surface area contributed by atoms with Crippen LogP contribution in [-0.2, 0) is 10.8 Å². The molecule has 1 atom stereocenters. The van der Waals surface area contributed by atoms with Gasteiger partial charge in [-0.2, -0.15) is 0 Å². The van der Waals surface area contributed by atoms with Gasteiger partial charge in [-0.3, -0.25) is 0 Å². The van der Waals surface area contributed by atoms with Crippen molar-refractivity contribution in [1.82, 2.24) is 0 Å². The monoisotopic (exact) mass is 358 g/mol. The van der Waals surface area contributed by atoms with E-state index in [-0.39, 0.29) is 10.8 Å². The molecule has 1 aromatic carbocycles. The van der Waals surface area contributed by atoms with Crippen molar-refractivity contribution in [2.75, 3.05) is 0 Å². The van der Waals surface area contributed by atoms with Crippen LogP contribution in [0.1, 0.15) is 90.3 Å². The second kappa shape index (κ2) is 6.09. The Bertz CT molecular complexity index is 882. The molecule has 0 saturated carbocycles. The zero-order valence-electron chi connectivity index (χ0n) is 18.2. The van der Waals surface area contributed by atoms with Gasteiger partial charge in [-0.25, -0.2) is 0 Å². The third-order valence-corrected chi connectivity index (χ3v) is 6.41. The van der Waals surface area contributed by atoms with Crippen LogP contribution >= 0.6 is 0 Å². The second-order valence-electron chi connectivity index (χ2n) is 10.8. The van der Waals surface area contributed by atoms with E-state index >= 15 is 0 Å². The van der Waals surface area contributed by atoms with Crippen molar-refractivity contribution in [1.29, 1.82) is 0 Å². The van der Waals surface area contributed by atoms with Crippen molar-refractivity contribution in [3.8, 4) is 0 Å². The molecule has 0 amide bonds. The van der Waals surface area contributed by atoms with Crippen LogP contribution in [0.5, 0.6) is 0 Å². The molecule has 4 rings (SSSR count). The summed E-state index contributed by atoms with van der Waals surface area (Å²) in [7, 11) is 0. The molecule has 3 aliphatic carbocycles. The SMILES string of the molecule is CC1=CC2=CC3=C(CCC3)C(c3cc(C(C)(C)C)cc(C(C)(C)C)c3)C2=C1. The first-order valence-corrected chi connectivity index (χ1v) is 10.5. The first kappa shape index (κ1) is 18.5. The Balaban J connectivity index is 1.92. The summed E-state index contributed by atoms with van der Waals surface area (Å²) in [6.45, 7) is 16.3. The first-order chi connectivity index (χ1) is 12.5. The highest BCUT2D eigenvalue weighted by Crippen LogP contribution is 2.51. The minimum atomic E-state index is 0.161. The molecule has 0 radical (unpaired) electrons. The van der Waals surface area contributed by atoms with Crippen LogP contribution in [0.25, 0.3) is 0 Å². The van der Waals surface area contributed by atoms with Crippen molar-refractivity contribution in [2.45, 2.75) is 84.5 Å². The summed E-state index contributed by atoms with van der Waals surface area (Å²) in [4.78, 5) is 0. The lowest BCUT2D eigenvalue weighted by Crippen LogP contribution is -2.19. The normalized spacial score (nSPS) is 22.3. The Morgan fingerprint density at radius 2 is 1.41 bits per heavy atom. The summed E-state index contributed by atoms with van der Waals surface area (Å²) in [5.74, 6) is 0.444. The zero-order chi connectivity index (χ0) is 19.6. The molecular formula is C27H34. The minimum absolute atomic E-state index is 0.161. The van der Waals surface area contributed by atoms with Crippen LogP contribution in [0.2, 0.25) is 0 Å². The summed E-state index contributed by atoms with van der Waals surface area (Å²) < 4.78 is 0. The van der Waals surface area contributed by atoms with E-state index in [1.807, 2.05) is 0 Å². The maximum atomic E-state index is 2.50. The lowest BCUT2D eigenvalue weighted by atomic mass is 9.73. The molecule has 0 aromatic heterocycles. The molecule has 1 aromatic rings. The second-order valence-corrected chi connectivity index (χ2v) is 10.8. The van der Waals surface area contributed by atoms with Gasteiger partial charge in [0.2, 0.25) is 0 Å². The molecule has 142 valence electrons. The number of hydrogen-bond donors (Lipinski definition) is 0. The highest BCUT2D eigenvalue weighted by Gasteiger charge is 2.34. The lowest BCUT2D eigenvalue weighted by Gasteiger charge is -2.31. The van der Waals surface area contributed by atoms with Crippen molar-refractivity contribution >= 4 is 0 Å². The highest BCUT2D eigenvalue weighted by molar-refractivity contribution is 5.66. The molecule has 0 fully saturated rings. The Morgan fingerprint density at radius 1 is 0.778 bits per heavy atom. The molecule has 0 spiro atoms. The van der Waals surface area contributed by atoms with Crippen LogP contribution in [0.15, 0.2) is 64.3 Å². The van der Waals surface area contributed by atoms with E-state index in [4.69, 9.17) is 0 Å². The summed E-state index contributed by atoms with van der Waals surface area (Å²) in [5.41, 5.74) is 12.4. The summed E-state index contributed by atoms with van der Waals surface area (Å²) >= 11 is 0. The van der Waals surface area contributed by atoms with Crippen LogP contribution in [-0.4, -0.2) is 0 Å². The zero-order valence-corrected chi connectivity index (χ0v) is 18.2. The fourth-order valence-electron chi connectivity index (χ4n) is 4.80. The Hall–Kier alpha value is -1.82. The van der Waals surface area contributed by atoms with E-state index in [1.165, 1.54) is 52.7 Å². The van der Waals surface area contributed by atoms with E-state index in [0.717, 1.165) is 0 Å². The van der Waals surface area contributed by atoms with Crippen molar-refractivity contribution in [2.24, 2.45) is 0 Å². The van der Waals surface area contributed by atoms with Crippen molar-refractivity contribution < 1.29 is 0 Å². The van der Waals surface area contributed by atoms with Crippen LogP contribution < -0.4 is 0 Å². The fourth-order valence-corrected chi connectivity index (χ4v) is 4.80. The van der Waals surface area contributed by atoms with E-state index in [0.29, 0.717) is 5.92 Å². The van der Waals surface area contributed by atoms with Crippen molar-refractivity contribution in [3.63, 3.8) is 0 Å². The smallest absolute Gasteiger partial charge is 0.0310 e. The molecule has 1 unspecified atom stereocenters. The van der Waals surface area contributed by atoms with Gasteiger partial charge in [0.05, 0.1) is 0 Å². The minimum Gasteiger partial charge on any atom is -0.0561 e. The number of fused-ring (bicyclic) bond motifs is 1. The quantitative estimate of drug-likeness (QED) is 0.483. The van der Waals surface area contributed by atoms with Gasteiger partial charge in [-0.15, -0.1) is 0 Å². The highest BCUT2D eigenvalue weighted by atomic mass is 14.4. The topological polar surface area (TPSA) is 0 Å². The number of hydrogen-bond acceptors (Lipinski definition) is 0. The Labute approximate surface area is 165 Å². The number of rotatable bonds is 1. The van der Waals surface area contributed by atoms with E-state index < -0.39 is 0 Å². The van der Waals surface area contributed by atoms with Crippen LogP contribution in [0, 0.1) is 0 Å². The van der Waals surface area contributed by atoms with Gasteiger partial charge < -0.3 is 0 Å². The lowest BCUT2D eigenvalue weighted by molar-refractivity contribution is 0.566. The summed E-state index contributed by atoms with van der Waals surface area (Å²) in [5, 5.41) is 0. The first-order valence-electron chi connectivity index (χ1n) is 10.5. The molecular weight excluding hydrogens is 324 g/mol. The summed E-state index contributed by atoms with van der Waals surface area (Å²) in [6.07, 6.45) is 11.1.